The summed E-state index contributed by atoms with van der Waals surface area (Å²) in [7, 11) is 2.31. The maximum Gasteiger partial charge on any atom is 0.329 e. The molecule has 0 aliphatic rings. The third-order valence-corrected chi connectivity index (χ3v) is 1.03. The number of allylic oxidation sites excluding steroid dienone is 1. The second kappa shape index (κ2) is 61.9. The predicted octanol–water partition coefficient (Wildman–Crippen LogP) is 5.24. The van der Waals surface area contributed by atoms with E-state index in [0.717, 1.165) is 13.2 Å². The largest absolute Gasteiger partial charge is 0.466 e. The Hall–Kier alpha value is -1.13. The predicted molar refractivity (Wildman–Crippen MR) is 98.9 cm³/mol. The molecular formula is C16H39ClO4. The highest BCUT2D eigenvalue weighted by atomic mass is 35.5. The van der Waals surface area contributed by atoms with E-state index in [-0.39, 0.29) is 22.3 Å². The molecule has 0 aliphatic heterocycles. The molecule has 0 saturated carbocycles. The number of hydrogen-bond donors (Lipinski definition) is 1. The summed E-state index contributed by atoms with van der Waals surface area (Å²) in [5.74, 6) is -0.394. The maximum atomic E-state index is 9.84. The summed E-state index contributed by atoms with van der Waals surface area (Å²) in [6.45, 7) is 16.0. The van der Waals surface area contributed by atoms with Crippen LogP contribution in [0.2, 0.25) is 0 Å². The molecule has 0 aromatic carbocycles. The summed E-state index contributed by atoms with van der Waals surface area (Å²) in [6.07, 6.45) is 1.11. The summed E-state index contributed by atoms with van der Waals surface area (Å²) in [6, 6.07) is 0. The Balaban J connectivity index is -0.0000000179. The van der Waals surface area contributed by atoms with E-state index >= 15 is 0 Å². The van der Waals surface area contributed by atoms with E-state index < -0.39 is 11.2 Å². The minimum Gasteiger partial charge on any atom is -0.466 e. The van der Waals surface area contributed by atoms with Gasteiger partial charge >= 0.3 is 5.97 Å². The zero-order valence-electron chi connectivity index (χ0n) is 12.5. The summed E-state index contributed by atoms with van der Waals surface area (Å²) in [5, 5.41) is 6.54. The van der Waals surface area contributed by atoms with Crippen molar-refractivity contribution < 1.29 is 19.4 Å². The molecule has 0 aromatic heterocycles. The molecule has 0 fully saturated rings. The number of esters is 1. The van der Waals surface area contributed by atoms with E-state index in [9.17, 15) is 9.59 Å². The van der Waals surface area contributed by atoms with Crippen LogP contribution >= 0.6 is 11.6 Å². The van der Waals surface area contributed by atoms with E-state index in [1.165, 1.54) is 7.11 Å². The van der Waals surface area contributed by atoms with Gasteiger partial charge < -0.3 is 9.84 Å². The first kappa shape index (κ1) is 50.2. The highest BCUT2D eigenvalue weighted by Crippen LogP contribution is 1.91. The van der Waals surface area contributed by atoms with Crippen molar-refractivity contribution in [2.75, 3.05) is 14.2 Å². The molecule has 134 valence electrons. The number of methoxy groups -OCH3 is 1. The van der Waals surface area contributed by atoms with Crippen molar-refractivity contribution in [2.24, 2.45) is 0 Å². The number of halogens is 1. The molecular weight excluding hydrogens is 292 g/mol. The molecule has 0 bridgehead atoms. The van der Waals surface area contributed by atoms with Crippen LogP contribution in [-0.2, 0) is 14.3 Å². The Morgan fingerprint density at radius 1 is 1.05 bits per heavy atom. The Morgan fingerprint density at radius 3 is 1.24 bits per heavy atom. The first-order chi connectivity index (χ1) is 8.45. The number of carbonyl (C=O) groups is 2. The number of rotatable bonds is 2. The van der Waals surface area contributed by atoms with Crippen molar-refractivity contribution in [3.05, 3.63) is 24.8 Å². The molecule has 1 N–H and O–H groups in total. The molecule has 0 atom stereocenters. The van der Waals surface area contributed by atoms with Gasteiger partial charge in [0, 0.05) is 18.8 Å². The average Bonchev–Trinajstić information content (AvgIpc) is 2.45. The summed E-state index contributed by atoms with van der Waals surface area (Å²) in [5.41, 5.74) is 0.386. The standard InChI is InChI=1S/C4H5ClO.C4H6O2.2C2H6.CH4O.3CH4/c1-3(2)4(5)6;1-3-4(5)6-2;3*1-2;;;/h1H2,2H3;3H,1H2,2H3;2*1-2H3;2H,1H3;3*1H4. The van der Waals surface area contributed by atoms with E-state index in [1.807, 2.05) is 27.7 Å². The normalized spacial score (nSPS) is 5.00. The summed E-state index contributed by atoms with van der Waals surface area (Å²) in [4.78, 5) is 19.6. The Labute approximate surface area is 138 Å². The van der Waals surface area contributed by atoms with Crippen LogP contribution in [0.25, 0.3) is 0 Å². The van der Waals surface area contributed by atoms with Crippen LogP contribution in [0.4, 0.5) is 0 Å². The highest BCUT2D eigenvalue weighted by Gasteiger charge is 1.89. The van der Waals surface area contributed by atoms with Crippen molar-refractivity contribution in [1.29, 1.82) is 0 Å². The lowest BCUT2D eigenvalue weighted by Crippen LogP contribution is -1.91. The molecule has 0 aliphatic carbocycles. The van der Waals surface area contributed by atoms with Crippen LogP contribution in [-0.4, -0.2) is 30.5 Å². The Kier molecular flexibility index (Phi) is 148. The monoisotopic (exact) mass is 330 g/mol. The van der Waals surface area contributed by atoms with Gasteiger partial charge in [-0.15, -0.1) is 0 Å². The van der Waals surface area contributed by atoms with E-state index in [0.29, 0.717) is 5.57 Å². The maximum absolute atomic E-state index is 9.84. The summed E-state index contributed by atoms with van der Waals surface area (Å²) < 4.78 is 4.14. The van der Waals surface area contributed by atoms with Crippen LogP contribution in [0.5, 0.6) is 0 Å². The van der Waals surface area contributed by atoms with Crippen LogP contribution in [0.15, 0.2) is 24.8 Å². The molecule has 0 radical (unpaired) electrons. The van der Waals surface area contributed by atoms with Gasteiger partial charge in [-0.25, -0.2) is 4.79 Å². The van der Waals surface area contributed by atoms with Gasteiger partial charge in [0.15, 0.2) is 0 Å². The number of aliphatic hydroxyl groups excluding tert-OH is 1. The zero-order valence-corrected chi connectivity index (χ0v) is 13.3. The lowest BCUT2D eigenvalue weighted by molar-refractivity contribution is -0.134. The third-order valence-electron chi connectivity index (χ3n) is 0.703. The van der Waals surface area contributed by atoms with Gasteiger partial charge in [0.2, 0.25) is 5.24 Å². The van der Waals surface area contributed by atoms with E-state index in [4.69, 9.17) is 16.7 Å². The minimum atomic E-state index is -0.463. The van der Waals surface area contributed by atoms with Crippen LogP contribution < -0.4 is 0 Å². The van der Waals surface area contributed by atoms with Crippen molar-refractivity contribution in [1.82, 2.24) is 0 Å². The molecule has 0 spiro atoms. The van der Waals surface area contributed by atoms with Crippen molar-refractivity contribution in [2.45, 2.75) is 56.9 Å². The second-order valence-corrected chi connectivity index (χ2v) is 2.12. The lowest BCUT2D eigenvalue weighted by Gasteiger charge is -1.83. The molecule has 4 nitrogen and oxygen atoms in total. The van der Waals surface area contributed by atoms with Crippen LogP contribution in [0, 0.1) is 0 Å². The fourth-order valence-electron chi connectivity index (χ4n) is 0.0833. The molecule has 0 heterocycles. The van der Waals surface area contributed by atoms with Gasteiger partial charge in [-0.2, -0.15) is 0 Å². The molecule has 0 amide bonds. The number of hydrogen-bond acceptors (Lipinski definition) is 4. The molecule has 5 heteroatoms. The van der Waals surface area contributed by atoms with Gasteiger partial charge in [-0.1, -0.05) is 63.1 Å². The van der Waals surface area contributed by atoms with Gasteiger partial charge in [0.1, 0.15) is 0 Å². The topological polar surface area (TPSA) is 63.6 Å². The number of aliphatic hydroxyl groups is 1. The fourth-order valence-corrected chi connectivity index (χ4v) is 0.0833. The zero-order chi connectivity index (χ0) is 16.1. The van der Waals surface area contributed by atoms with Crippen molar-refractivity contribution >= 4 is 22.8 Å². The second-order valence-electron chi connectivity index (χ2n) is 1.78. The Morgan fingerprint density at radius 2 is 1.24 bits per heavy atom. The number of ether oxygens (including phenoxy) is 1. The summed E-state index contributed by atoms with van der Waals surface area (Å²) >= 11 is 4.87. The first-order valence-electron chi connectivity index (χ1n) is 5.46. The van der Waals surface area contributed by atoms with Gasteiger partial charge in [0.25, 0.3) is 0 Å². The third kappa shape index (κ3) is 114. The van der Waals surface area contributed by atoms with Crippen molar-refractivity contribution in [3.8, 4) is 0 Å². The first-order valence-corrected chi connectivity index (χ1v) is 5.84. The molecule has 0 saturated heterocycles. The van der Waals surface area contributed by atoms with Crippen LogP contribution in [0.3, 0.4) is 0 Å². The van der Waals surface area contributed by atoms with E-state index in [2.05, 4.69) is 17.9 Å². The molecule has 0 unspecified atom stereocenters. The molecule has 21 heavy (non-hydrogen) atoms. The fraction of sp³-hybridized carbons (Fsp3) is 0.625. The smallest absolute Gasteiger partial charge is 0.329 e. The van der Waals surface area contributed by atoms with Crippen molar-refractivity contribution in [3.63, 3.8) is 0 Å². The quantitative estimate of drug-likeness (QED) is 0.427. The lowest BCUT2D eigenvalue weighted by atomic mass is 10.4. The van der Waals surface area contributed by atoms with Crippen LogP contribution in [0.1, 0.15) is 56.9 Å². The van der Waals surface area contributed by atoms with Gasteiger partial charge in [0.05, 0.1) is 7.11 Å². The SMILES string of the molecule is C.C.C.C=C(C)C(=O)Cl.C=CC(=O)OC.CC.CC.CO. The molecule has 0 aromatic rings. The van der Waals surface area contributed by atoms with Gasteiger partial charge in [-0.3, -0.25) is 4.79 Å². The van der Waals surface area contributed by atoms with Gasteiger partial charge in [-0.05, 0) is 18.5 Å². The average molecular weight is 331 g/mol. The Bertz CT molecular complexity index is 188. The highest BCUT2D eigenvalue weighted by molar-refractivity contribution is 6.67. The minimum absolute atomic E-state index is 0. The molecule has 0 rings (SSSR count). The number of carbonyl (C=O) groups excluding carboxylic acids is 2. The van der Waals surface area contributed by atoms with E-state index in [1.54, 1.807) is 6.92 Å².